The molecule has 1 aromatic heterocycles. The molecule has 2 N–H and O–H groups in total. The standard InChI is InChI=1S/C18H15F2N3O2/c19-15-5-6-17(16(20)7-15)23-10-14(9-22-23)18(25)21-8-12-3-1-2-4-13(12)11-24/h1-7,9-10,24H,8,11H2,(H,21,25). The highest BCUT2D eigenvalue weighted by molar-refractivity contribution is 5.93. The van der Waals surface area contributed by atoms with Crippen LogP contribution in [0.25, 0.3) is 5.69 Å². The third kappa shape index (κ3) is 3.72. The van der Waals surface area contributed by atoms with Crippen molar-refractivity contribution in [1.29, 1.82) is 0 Å². The molecule has 128 valence electrons. The fraction of sp³-hybridized carbons (Fsp3) is 0.111. The molecular formula is C18H15F2N3O2. The van der Waals surface area contributed by atoms with Crippen LogP contribution in [0.1, 0.15) is 21.5 Å². The molecule has 3 rings (SSSR count). The molecule has 0 unspecified atom stereocenters. The molecule has 0 spiro atoms. The molecule has 0 fully saturated rings. The van der Waals surface area contributed by atoms with E-state index in [0.717, 1.165) is 23.3 Å². The van der Waals surface area contributed by atoms with Crippen molar-refractivity contribution in [2.24, 2.45) is 0 Å². The van der Waals surface area contributed by atoms with E-state index in [0.29, 0.717) is 0 Å². The van der Waals surface area contributed by atoms with Gasteiger partial charge in [-0.15, -0.1) is 0 Å². The molecule has 0 radical (unpaired) electrons. The van der Waals surface area contributed by atoms with Gasteiger partial charge in [0.2, 0.25) is 0 Å². The number of amides is 1. The van der Waals surface area contributed by atoms with Gasteiger partial charge in [0.25, 0.3) is 5.91 Å². The molecule has 0 saturated carbocycles. The number of carbonyl (C=O) groups is 1. The van der Waals surface area contributed by atoms with E-state index in [1.54, 1.807) is 12.1 Å². The number of hydrogen-bond donors (Lipinski definition) is 2. The van der Waals surface area contributed by atoms with Crippen molar-refractivity contribution in [2.75, 3.05) is 0 Å². The quantitative estimate of drug-likeness (QED) is 0.748. The predicted octanol–water partition coefficient (Wildman–Crippen LogP) is 2.57. The molecule has 25 heavy (non-hydrogen) atoms. The van der Waals surface area contributed by atoms with Gasteiger partial charge in [0.15, 0.2) is 5.82 Å². The SMILES string of the molecule is O=C(NCc1ccccc1CO)c1cnn(-c2ccc(F)cc2F)c1. The number of rotatable bonds is 5. The van der Waals surface area contributed by atoms with E-state index in [4.69, 9.17) is 0 Å². The van der Waals surface area contributed by atoms with Crippen LogP contribution in [0, 0.1) is 11.6 Å². The second-order valence-corrected chi connectivity index (χ2v) is 5.38. The van der Waals surface area contributed by atoms with E-state index in [9.17, 15) is 18.7 Å². The molecule has 0 bridgehead atoms. The van der Waals surface area contributed by atoms with E-state index in [2.05, 4.69) is 10.4 Å². The molecule has 0 atom stereocenters. The first-order chi connectivity index (χ1) is 12.1. The molecular weight excluding hydrogens is 328 g/mol. The van der Waals surface area contributed by atoms with Crippen molar-refractivity contribution in [3.05, 3.63) is 83.2 Å². The van der Waals surface area contributed by atoms with Crippen molar-refractivity contribution in [2.45, 2.75) is 13.2 Å². The number of nitrogens with zero attached hydrogens (tertiary/aromatic N) is 2. The lowest BCUT2D eigenvalue weighted by Crippen LogP contribution is -2.23. The van der Waals surface area contributed by atoms with Crippen molar-refractivity contribution in [1.82, 2.24) is 15.1 Å². The minimum Gasteiger partial charge on any atom is -0.392 e. The van der Waals surface area contributed by atoms with Crippen molar-refractivity contribution >= 4 is 5.91 Å². The van der Waals surface area contributed by atoms with E-state index < -0.39 is 11.6 Å². The minimum atomic E-state index is -0.771. The van der Waals surface area contributed by atoms with E-state index in [-0.39, 0.29) is 30.3 Å². The Bertz CT molecular complexity index is 909. The zero-order valence-corrected chi connectivity index (χ0v) is 13.1. The first-order valence-corrected chi connectivity index (χ1v) is 7.54. The summed E-state index contributed by atoms with van der Waals surface area (Å²) >= 11 is 0. The van der Waals surface area contributed by atoms with Gasteiger partial charge in [-0.05, 0) is 23.3 Å². The van der Waals surface area contributed by atoms with E-state index >= 15 is 0 Å². The highest BCUT2D eigenvalue weighted by Crippen LogP contribution is 2.15. The van der Waals surface area contributed by atoms with Gasteiger partial charge in [-0.1, -0.05) is 24.3 Å². The average Bonchev–Trinajstić information content (AvgIpc) is 3.09. The second kappa shape index (κ2) is 7.23. The number of benzene rings is 2. The average molecular weight is 343 g/mol. The van der Waals surface area contributed by atoms with Crippen molar-refractivity contribution < 1.29 is 18.7 Å². The van der Waals surface area contributed by atoms with Gasteiger partial charge in [-0.25, -0.2) is 13.5 Å². The Morgan fingerprint density at radius 3 is 2.64 bits per heavy atom. The zero-order chi connectivity index (χ0) is 17.8. The molecule has 3 aromatic rings. The maximum Gasteiger partial charge on any atom is 0.254 e. The number of halogens is 2. The number of nitrogens with one attached hydrogen (secondary N) is 1. The van der Waals surface area contributed by atoms with Gasteiger partial charge in [0, 0.05) is 18.8 Å². The van der Waals surface area contributed by atoms with Crippen LogP contribution < -0.4 is 5.32 Å². The van der Waals surface area contributed by atoms with Gasteiger partial charge in [0.1, 0.15) is 11.5 Å². The highest BCUT2D eigenvalue weighted by atomic mass is 19.1. The Morgan fingerprint density at radius 1 is 1.16 bits per heavy atom. The maximum absolute atomic E-state index is 13.8. The number of carbonyl (C=O) groups excluding carboxylic acids is 1. The number of aliphatic hydroxyl groups is 1. The largest absolute Gasteiger partial charge is 0.392 e. The van der Waals surface area contributed by atoms with E-state index in [1.807, 2.05) is 12.1 Å². The molecule has 5 nitrogen and oxygen atoms in total. The van der Waals surface area contributed by atoms with Gasteiger partial charge < -0.3 is 10.4 Å². The van der Waals surface area contributed by atoms with Gasteiger partial charge >= 0.3 is 0 Å². The molecule has 0 saturated heterocycles. The van der Waals surface area contributed by atoms with Gasteiger partial charge in [-0.3, -0.25) is 4.79 Å². The predicted molar refractivity (Wildman–Crippen MR) is 87.0 cm³/mol. The van der Waals surface area contributed by atoms with E-state index in [1.165, 1.54) is 23.1 Å². The summed E-state index contributed by atoms with van der Waals surface area (Å²) in [4.78, 5) is 12.2. The van der Waals surface area contributed by atoms with Crippen LogP contribution in [0.4, 0.5) is 8.78 Å². The van der Waals surface area contributed by atoms with Gasteiger partial charge in [0.05, 0.1) is 18.4 Å². The first-order valence-electron chi connectivity index (χ1n) is 7.54. The molecule has 0 aliphatic carbocycles. The summed E-state index contributed by atoms with van der Waals surface area (Å²) in [5, 5.41) is 15.9. The number of aromatic nitrogens is 2. The Morgan fingerprint density at radius 2 is 1.92 bits per heavy atom. The summed E-state index contributed by atoms with van der Waals surface area (Å²) < 4.78 is 27.9. The Kier molecular flexibility index (Phi) is 4.85. The monoisotopic (exact) mass is 343 g/mol. The molecule has 1 amide bonds. The van der Waals surface area contributed by atoms with Gasteiger partial charge in [-0.2, -0.15) is 5.10 Å². The number of aliphatic hydroxyl groups excluding tert-OH is 1. The summed E-state index contributed by atoms with van der Waals surface area (Å²) in [6, 6.07) is 10.3. The molecule has 0 aliphatic heterocycles. The van der Waals surface area contributed by atoms with Crippen LogP contribution in [-0.4, -0.2) is 20.8 Å². The molecule has 7 heteroatoms. The lowest BCUT2D eigenvalue weighted by atomic mass is 10.1. The van der Waals surface area contributed by atoms with Crippen LogP contribution in [-0.2, 0) is 13.2 Å². The van der Waals surface area contributed by atoms with Crippen molar-refractivity contribution in [3.8, 4) is 5.69 Å². The Labute approximate surface area is 142 Å². The highest BCUT2D eigenvalue weighted by Gasteiger charge is 2.12. The summed E-state index contributed by atoms with van der Waals surface area (Å²) in [7, 11) is 0. The Balaban J connectivity index is 1.72. The third-order valence-corrected chi connectivity index (χ3v) is 3.73. The lowest BCUT2D eigenvalue weighted by Gasteiger charge is -2.08. The summed E-state index contributed by atoms with van der Waals surface area (Å²) in [6.45, 7) is 0.124. The third-order valence-electron chi connectivity index (χ3n) is 3.73. The van der Waals surface area contributed by atoms with Crippen molar-refractivity contribution in [3.63, 3.8) is 0 Å². The second-order valence-electron chi connectivity index (χ2n) is 5.38. The van der Waals surface area contributed by atoms with Crippen LogP contribution >= 0.6 is 0 Å². The first kappa shape index (κ1) is 16.8. The molecule has 0 aliphatic rings. The normalized spacial score (nSPS) is 10.7. The fourth-order valence-electron chi connectivity index (χ4n) is 2.40. The summed E-state index contributed by atoms with van der Waals surface area (Å²) in [6.07, 6.45) is 2.67. The molecule has 1 heterocycles. The topological polar surface area (TPSA) is 67.2 Å². The smallest absolute Gasteiger partial charge is 0.254 e. The van der Waals surface area contributed by atoms with Crippen LogP contribution in [0.3, 0.4) is 0 Å². The number of hydrogen-bond acceptors (Lipinski definition) is 3. The Hall–Kier alpha value is -3.06. The zero-order valence-electron chi connectivity index (χ0n) is 13.1. The molecule has 2 aromatic carbocycles. The maximum atomic E-state index is 13.8. The summed E-state index contributed by atoms with van der Waals surface area (Å²) in [5.41, 5.74) is 1.82. The summed E-state index contributed by atoms with van der Waals surface area (Å²) in [5.74, 6) is -1.85. The minimum absolute atomic E-state index is 0.0473. The van der Waals surface area contributed by atoms with Crippen LogP contribution in [0.2, 0.25) is 0 Å². The fourth-order valence-corrected chi connectivity index (χ4v) is 2.40. The van der Waals surface area contributed by atoms with Crippen LogP contribution in [0.5, 0.6) is 0 Å². The lowest BCUT2D eigenvalue weighted by molar-refractivity contribution is 0.0950. The van der Waals surface area contributed by atoms with Crippen LogP contribution in [0.15, 0.2) is 54.9 Å².